The van der Waals surface area contributed by atoms with Gasteiger partial charge < -0.3 is 19.3 Å². The lowest BCUT2D eigenvalue weighted by Crippen LogP contribution is -2.21. The standard InChI is InChI=1S/C34H38N4O2/c1-7-37(8-2)31-17-15-27(33(21-31)39-5)19-29(23-35)25-11-13-26(14-12-25)30(24-36)20-28-16-18-32(22-34(28)40-6)38(9-3)10-4/h11-22H,7-10H2,1-6H3/b29-19+,30-20+. The van der Waals surface area contributed by atoms with Gasteiger partial charge in [-0.05, 0) is 75.2 Å². The monoisotopic (exact) mass is 534 g/mol. The topological polar surface area (TPSA) is 72.5 Å². The van der Waals surface area contributed by atoms with Crippen molar-refractivity contribution < 1.29 is 9.47 Å². The van der Waals surface area contributed by atoms with Crippen molar-refractivity contribution in [1.29, 1.82) is 10.5 Å². The maximum atomic E-state index is 9.95. The van der Waals surface area contributed by atoms with Crippen molar-refractivity contribution in [3.63, 3.8) is 0 Å². The van der Waals surface area contributed by atoms with Crippen molar-refractivity contribution in [2.24, 2.45) is 0 Å². The molecule has 0 atom stereocenters. The fraction of sp³-hybridized carbons (Fsp3) is 0.294. The Morgan fingerprint density at radius 1 is 0.625 bits per heavy atom. The second-order valence-corrected chi connectivity index (χ2v) is 9.11. The van der Waals surface area contributed by atoms with Gasteiger partial charge in [0, 0.05) is 60.8 Å². The number of nitrogens with zero attached hydrogens (tertiary/aromatic N) is 4. The highest BCUT2D eigenvalue weighted by Gasteiger charge is 2.12. The van der Waals surface area contributed by atoms with Crippen molar-refractivity contribution in [1.82, 2.24) is 0 Å². The minimum absolute atomic E-state index is 0.511. The van der Waals surface area contributed by atoms with E-state index in [9.17, 15) is 10.5 Å². The normalized spacial score (nSPS) is 11.4. The van der Waals surface area contributed by atoms with Crippen LogP contribution in [0.25, 0.3) is 23.3 Å². The Bertz CT molecular complexity index is 1320. The van der Waals surface area contributed by atoms with E-state index in [0.717, 1.165) is 59.8 Å². The van der Waals surface area contributed by atoms with Gasteiger partial charge in [0.1, 0.15) is 11.5 Å². The largest absolute Gasteiger partial charge is 0.496 e. The number of ether oxygens (including phenoxy) is 2. The highest BCUT2D eigenvalue weighted by Crippen LogP contribution is 2.31. The lowest BCUT2D eigenvalue weighted by atomic mass is 9.98. The zero-order valence-electron chi connectivity index (χ0n) is 24.4. The molecule has 0 aliphatic rings. The summed E-state index contributed by atoms with van der Waals surface area (Å²) < 4.78 is 11.3. The van der Waals surface area contributed by atoms with E-state index in [0.29, 0.717) is 22.6 Å². The van der Waals surface area contributed by atoms with Gasteiger partial charge in [0.2, 0.25) is 0 Å². The first kappa shape index (κ1) is 29.9. The van der Waals surface area contributed by atoms with E-state index in [4.69, 9.17) is 9.47 Å². The predicted molar refractivity (Wildman–Crippen MR) is 167 cm³/mol. The molecule has 0 fully saturated rings. The molecule has 0 unspecified atom stereocenters. The average molecular weight is 535 g/mol. The SMILES string of the molecule is CCN(CC)c1ccc(/C=C(\C#N)c2ccc(/C(C#N)=C/c3ccc(N(CC)CC)cc3OC)cc2)c(OC)c1. The minimum Gasteiger partial charge on any atom is -0.496 e. The molecule has 0 aliphatic carbocycles. The summed E-state index contributed by atoms with van der Waals surface area (Å²) in [4.78, 5) is 4.49. The van der Waals surface area contributed by atoms with Gasteiger partial charge in [-0.3, -0.25) is 0 Å². The molecule has 3 aromatic rings. The summed E-state index contributed by atoms with van der Waals surface area (Å²) in [6.45, 7) is 12.1. The van der Waals surface area contributed by atoms with E-state index < -0.39 is 0 Å². The number of nitriles is 2. The zero-order chi connectivity index (χ0) is 29.1. The van der Waals surface area contributed by atoms with Crippen LogP contribution in [0.3, 0.4) is 0 Å². The van der Waals surface area contributed by atoms with Crippen LogP contribution in [0.1, 0.15) is 49.9 Å². The molecular formula is C34H38N4O2. The number of benzene rings is 3. The van der Waals surface area contributed by atoms with E-state index in [-0.39, 0.29) is 0 Å². The molecule has 0 aromatic heterocycles. The lowest BCUT2D eigenvalue weighted by Gasteiger charge is -2.22. The molecule has 0 saturated heterocycles. The first-order valence-electron chi connectivity index (χ1n) is 13.7. The van der Waals surface area contributed by atoms with Crippen LogP contribution in [0.2, 0.25) is 0 Å². The third-order valence-electron chi connectivity index (χ3n) is 7.04. The van der Waals surface area contributed by atoms with Crippen LogP contribution < -0.4 is 19.3 Å². The molecule has 0 radical (unpaired) electrons. The van der Waals surface area contributed by atoms with Gasteiger partial charge in [0.25, 0.3) is 0 Å². The van der Waals surface area contributed by atoms with E-state index >= 15 is 0 Å². The third-order valence-corrected chi connectivity index (χ3v) is 7.04. The molecule has 0 saturated carbocycles. The Labute approximate surface area is 239 Å². The van der Waals surface area contributed by atoms with Gasteiger partial charge in [0.15, 0.2) is 0 Å². The lowest BCUT2D eigenvalue weighted by molar-refractivity contribution is 0.414. The molecule has 0 amide bonds. The summed E-state index contributed by atoms with van der Waals surface area (Å²) >= 11 is 0. The summed E-state index contributed by atoms with van der Waals surface area (Å²) in [7, 11) is 3.28. The molecule has 0 aliphatic heterocycles. The van der Waals surface area contributed by atoms with Crippen LogP contribution in [0.4, 0.5) is 11.4 Å². The number of rotatable bonds is 12. The van der Waals surface area contributed by atoms with Crippen LogP contribution in [0.15, 0.2) is 60.7 Å². The van der Waals surface area contributed by atoms with Crippen LogP contribution in [0.5, 0.6) is 11.5 Å². The van der Waals surface area contributed by atoms with E-state index in [1.54, 1.807) is 14.2 Å². The third kappa shape index (κ3) is 6.84. The number of allylic oxidation sites excluding steroid dienone is 2. The second kappa shape index (κ2) is 14.5. The summed E-state index contributed by atoms with van der Waals surface area (Å²) in [5.74, 6) is 1.42. The Kier molecular flexibility index (Phi) is 10.8. The van der Waals surface area contributed by atoms with Gasteiger partial charge >= 0.3 is 0 Å². The Morgan fingerprint density at radius 3 is 1.25 bits per heavy atom. The number of hydrogen-bond donors (Lipinski definition) is 0. The van der Waals surface area contributed by atoms with E-state index in [1.807, 2.05) is 72.8 Å². The highest BCUT2D eigenvalue weighted by molar-refractivity contribution is 5.93. The number of anilines is 2. The molecule has 0 N–H and O–H groups in total. The predicted octanol–water partition coefficient (Wildman–Crippen LogP) is 7.52. The first-order valence-corrected chi connectivity index (χ1v) is 13.7. The zero-order valence-corrected chi connectivity index (χ0v) is 24.4. The Balaban J connectivity index is 1.93. The first-order chi connectivity index (χ1) is 19.5. The van der Waals surface area contributed by atoms with Crippen molar-refractivity contribution in [3.8, 4) is 23.6 Å². The summed E-state index contributed by atoms with van der Waals surface area (Å²) in [6, 6.07) is 24.2. The Hall–Kier alpha value is -4.68. The number of methoxy groups -OCH3 is 2. The molecule has 3 aromatic carbocycles. The van der Waals surface area contributed by atoms with Crippen molar-refractivity contribution in [3.05, 3.63) is 82.9 Å². The van der Waals surface area contributed by atoms with Gasteiger partial charge in [0.05, 0.1) is 37.5 Å². The summed E-state index contributed by atoms with van der Waals surface area (Å²) in [5.41, 5.74) is 6.37. The van der Waals surface area contributed by atoms with Crippen LogP contribution in [0, 0.1) is 22.7 Å². The van der Waals surface area contributed by atoms with Crippen molar-refractivity contribution in [2.75, 3.05) is 50.2 Å². The Morgan fingerprint density at radius 2 is 0.975 bits per heavy atom. The fourth-order valence-corrected chi connectivity index (χ4v) is 4.71. The molecular weight excluding hydrogens is 496 g/mol. The van der Waals surface area contributed by atoms with Crippen molar-refractivity contribution in [2.45, 2.75) is 27.7 Å². The average Bonchev–Trinajstić information content (AvgIpc) is 3.00. The minimum atomic E-state index is 0.511. The summed E-state index contributed by atoms with van der Waals surface area (Å²) in [6.07, 6.45) is 3.67. The van der Waals surface area contributed by atoms with E-state index in [1.165, 1.54) is 0 Å². The highest BCUT2D eigenvalue weighted by atomic mass is 16.5. The second-order valence-electron chi connectivity index (χ2n) is 9.11. The van der Waals surface area contributed by atoms with Gasteiger partial charge in [-0.25, -0.2) is 0 Å². The van der Waals surface area contributed by atoms with E-state index in [2.05, 4.69) is 49.6 Å². The maximum Gasteiger partial charge on any atom is 0.128 e. The van der Waals surface area contributed by atoms with Crippen molar-refractivity contribution >= 4 is 34.7 Å². The van der Waals surface area contributed by atoms with Crippen LogP contribution >= 0.6 is 0 Å². The summed E-state index contributed by atoms with van der Waals surface area (Å²) in [5, 5.41) is 19.9. The maximum absolute atomic E-state index is 9.95. The molecule has 40 heavy (non-hydrogen) atoms. The molecule has 6 nitrogen and oxygen atoms in total. The number of hydrogen-bond acceptors (Lipinski definition) is 6. The molecule has 0 heterocycles. The molecule has 6 heteroatoms. The van der Waals surface area contributed by atoms with Gasteiger partial charge in [-0.2, -0.15) is 10.5 Å². The molecule has 206 valence electrons. The molecule has 0 spiro atoms. The molecule has 0 bridgehead atoms. The van der Waals surface area contributed by atoms with Gasteiger partial charge in [-0.15, -0.1) is 0 Å². The quantitative estimate of drug-likeness (QED) is 0.177. The van der Waals surface area contributed by atoms with Crippen LogP contribution in [-0.2, 0) is 0 Å². The van der Waals surface area contributed by atoms with Gasteiger partial charge in [-0.1, -0.05) is 24.3 Å². The van der Waals surface area contributed by atoms with Crippen LogP contribution in [-0.4, -0.2) is 40.4 Å². The smallest absolute Gasteiger partial charge is 0.128 e. The fourth-order valence-electron chi connectivity index (χ4n) is 4.71. The molecule has 3 rings (SSSR count).